The van der Waals surface area contributed by atoms with Crippen LogP contribution in [-0.2, 0) is 11.2 Å². The molecule has 0 bridgehead atoms. The van der Waals surface area contributed by atoms with Gasteiger partial charge >= 0.3 is 0 Å². The molecule has 0 spiro atoms. The summed E-state index contributed by atoms with van der Waals surface area (Å²) in [6.45, 7) is 3.36. The van der Waals surface area contributed by atoms with Crippen LogP contribution in [0.15, 0.2) is 24.3 Å². The highest BCUT2D eigenvalue weighted by atomic mass is 16.5. The molecule has 1 heterocycles. The lowest BCUT2D eigenvalue weighted by atomic mass is 10.1. The van der Waals surface area contributed by atoms with E-state index in [4.69, 9.17) is 14.6 Å². The van der Waals surface area contributed by atoms with Crippen molar-refractivity contribution in [3.05, 3.63) is 29.8 Å². The van der Waals surface area contributed by atoms with Crippen molar-refractivity contribution in [2.45, 2.75) is 12.5 Å². The number of aliphatic hydroxyl groups is 1. The van der Waals surface area contributed by atoms with Gasteiger partial charge in [0.05, 0.1) is 6.61 Å². The Hall–Kier alpha value is -1.10. The van der Waals surface area contributed by atoms with Crippen molar-refractivity contribution < 1.29 is 14.6 Å². The van der Waals surface area contributed by atoms with Crippen molar-refractivity contribution in [3.8, 4) is 5.75 Å². The largest absolute Gasteiger partial charge is 0.491 e. The van der Waals surface area contributed by atoms with Crippen molar-refractivity contribution in [3.63, 3.8) is 0 Å². The zero-order valence-corrected chi connectivity index (χ0v) is 10.8. The number of aliphatic hydroxyl groups excluding tert-OH is 1. The van der Waals surface area contributed by atoms with Gasteiger partial charge in [0.2, 0.25) is 0 Å². The molecule has 1 aliphatic heterocycles. The molecule has 0 aliphatic carbocycles. The Morgan fingerprint density at radius 2 is 2.28 bits per heavy atom. The minimum atomic E-state index is 0.130. The highest BCUT2D eigenvalue weighted by Crippen LogP contribution is 2.19. The number of hydrogen-bond donors (Lipinski definition) is 1. The van der Waals surface area contributed by atoms with Gasteiger partial charge < -0.3 is 19.5 Å². The minimum Gasteiger partial charge on any atom is -0.491 e. The maximum atomic E-state index is 9.01. The molecule has 4 nitrogen and oxygen atoms in total. The second-order valence-corrected chi connectivity index (χ2v) is 4.65. The molecular formula is C14H21NO3. The van der Waals surface area contributed by atoms with Crippen LogP contribution in [0.3, 0.4) is 0 Å². The number of nitrogens with zero attached hydrogens (tertiary/aromatic N) is 1. The number of hydrogen-bond acceptors (Lipinski definition) is 4. The van der Waals surface area contributed by atoms with E-state index in [1.54, 1.807) is 0 Å². The highest BCUT2D eigenvalue weighted by Gasteiger charge is 2.18. The van der Waals surface area contributed by atoms with Crippen molar-refractivity contribution in [1.82, 2.24) is 4.90 Å². The van der Waals surface area contributed by atoms with Crippen LogP contribution in [-0.4, -0.2) is 56.1 Å². The third-order valence-corrected chi connectivity index (χ3v) is 3.12. The monoisotopic (exact) mass is 251 g/mol. The van der Waals surface area contributed by atoms with E-state index in [-0.39, 0.29) is 12.7 Å². The van der Waals surface area contributed by atoms with Gasteiger partial charge in [-0.25, -0.2) is 0 Å². The molecule has 4 heteroatoms. The van der Waals surface area contributed by atoms with E-state index in [0.29, 0.717) is 13.0 Å². The smallest absolute Gasteiger partial charge is 0.122 e. The number of rotatable bonds is 5. The first-order valence-corrected chi connectivity index (χ1v) is 6.41. The molecular weight excluding hydrogens is 230 g/mol. The SMILES string of the molecule is CN1CCOC(COc2ccccc2CCO)C1. The van der Waals surface area contributed by atoms with Crippen LogP contribution < -0.4 is 4.74 Å². The van der Waals surface area contributed by atoms with E-state index >= 15 is 0 Å². The Labute approximate surface area is 108 Å². The summed E-state index contributed by atoms with van der Waals surface area (Å²) in [5.74, 6) is 0.850. The van der Waals surface area contributed by atoms with Gasteiger partial charge in [0, 0.05) is 19.7 Å². The van der Waals surface area contributed by atoms with Crippen LogP contribution in [0.25, 0.3) is 0 Å². The Kier molecular flexibility index (Phi) is 4.99. The van der Waals surface area contributed by atoms with Crippen LogP contribution in [0, 0.1) is 0 Å². The van der Waals surface area contributed by atoms with Gasteiger partial charge in [-0.15, -0.1) is 0 Å². The predicted octanol–water partition coefficient (Wildman–Crippen LogP) is 0.931. The number of ether oxygens (including phenoxy) is 2. The molecule has 2 rings (SSSR count). The van der Waals surface area contributed by atoms with Gasteiger partial charge in [0.1, 0.15) is 18.5 Å². The molecule has 100 valence electrons. The van der Waals surface area contributed by atoms with Crippen molar-refractivity contribution in [1.29, 1.82) is 0 Å². The molecule has 1 aliphatic rings. The fraction of sp³-hybridized carbons (Fsp3) is 0.571. The number of morpholine rings is 1. The van der Waals surface area contributed by atoms with Crippen LogP contribution in [0.4, 0.5) is 0 Å². The van der Waals surface area contributed by atoms with Gasteiger partial charge in [0.25, 0.3) is 0 Å². The van der Waals surface area contributed by atoms with Gasteiger partial charge in [-0.1, -0.05) is 18.2 Å². The molecule has 0 aromatic heterocycles. The number of para-hydroxylation sites is 1. The molecule has 0 radical (unpaired) electrons. The van der Waals surface area contributed by atoms with Gasteiger partial charge in [0.15, 0.2) is 0 Å². The minimum absolute atomic E-state index is 0.130. The summed E-state index contributed by atoms with van der Waals surface area (Å²) in [4.78, 5) is 2.25. The van der Waals surface area contributed by atoms with Gasteiger partial charge in [-0.2, -0.15) is 0 Å². The highest BCUT2D eigenvalue weighted by molar-refractivity contribution is 5.33. The lowest BCUT2D eigenvalue weighted by Crippen LogP contribution is -2.42. The summed E-state index contributed by atoms with van der Waals surface area (Å²) in [5, 5.41) is 9.01. The topological polar surface area (TPSA) is 41.9 Å². The van der Waals surface area contributed by atoms with E-state index in [1.165, 1.54) is 0 Å². The molecule has 18 heavy (non-hydrogen) atoms. The van der Waals surface area contributed by atoms with Gasteiger partial charge in [-0.05, 0) is 25.1 Å². The van der Waals surface area contributed by atoms with Gasteiger partial charge in [-0.3, -0.25) is 0 Å². The zero-order chi connectivity index (χ0) is 12.8. The molecule has 1 saturated heterocycles. The summed E-state index contributed by atoms with van der Waals surface area (Å²) in [6, 6.07) is 7.84. The molecule has 1 atom stereocenters. The first-order chi connectivity index (χ1) is 8.79. The van der Waals surface area contributed by atoms with Crippen LogP contribution in [0.1, 0.15) is 5.56 Å². The Balaban J connectivity index is 1.89. The molecule has 1 aromatic carbocycles. The van der Waals surface area contributed by atoms with E-state index < -0.39 is 0 Å². The van der Waals surface area contributed by atoms with E-state index in [0.717, 1.165) is 31.0 Å². The normalized spacial score (nSPS) is 20.9. The third-order valence-electron chi connectivity index (χ3n) is 3.12. The Morgan fingerprint density at radius 1 is 1.44 bits per heavy atom. The second kappa shape index (κ2) is 6.73. The molecule has 1 fully saturated rings. The van der Waals surface area contributed by atoms with E-state index in [2.05, 4.69) is 11.9 Å². The lowest BCUT2D eigenvalue weighted by molar-refractivity contribution is -0.0404. The summed E-state index contributed by atoms with van der Waals surface area (Å²) >= 11 is 0. The fourth-order valence-corrected chi connectivity index (χ4v) is 2.12. The Morgan fingerprint density at radius 3 is 3.06 bits per heavy atom. The van der Waals surface area contributed by atoms with E-state index in [9.17, 15) is 0 Å². The van der Waals surface area contributed by atoms with Crippen LogP contribution in [0.5, 0.6) is 5.75 Å². The molecule has 1 N–H and O–H groups in total. The first-order valence-electron chi connectivity index (χ1n) is 6.41. The third kappa shape index (κ3) is 3.70. The zero-order valence-electron chi connectivity index (χ0n) is 10.8. The fourth-order valence-electron chi connectivity index (χ4n) is 2.12. The lowest BCUT2D eigenvalue weighted by Gasteiger charge is -2.30. The predicted molar refractivity (Wildman–Crippen MR) is 70.0 cm³/mol. The van der Waals surface area contributed by atoms with Crippen molar-refractivity contribution >= 4 is 0 Å². The maximum Gasteiger partial charge on any atom is 0.122 e. The average molecular weight is 251 g/mol. The summed E-state index contributed by atoms with van der Waals surface area (Å²) in [7, 11) is 2.09. The molecule has 0 amide bonds. The first kappa shape index (κ1) is 13.3. The summed E-state index contributed by atoms with van der Waals surface area (Å²) in [5.41, 5.74) is 1.05. The summed E-state index contributed by atoms with van der Waals surface area (Å²) in [6.07, 6.45) is 0.757. The van der Waals surface area contributed by atoms with E-state index in [1.807, 2.05) is 24.3 Å². The summed E-state index contributed by atoms with van der Waals surface area (Å²) < 4.78 is 11.5. The number of benzene rings is 1. The van der Waals surface area contributed by atoms with Crippen molar-refractivity contribution in [2.24, 2.45) is 0 Å². The molecule has 1 unspecified atom stereocenters. The molecule has 1 aromatic rings. The van der Waals surface area contributed by atoms with Crippen LogP contribution >= 0.6 is 0 Å². The second-order valence-electron chi connectivity index (χ2n) is 4.65. The van der Waals surface area contributed by atoms with Crippen molar-refractivity contribution in [2.75, 3.05) is 40.0 Å². The quantitative estimate of drug-likeness (QED) is 0.845. The Bertz CT molecular complexity index is 370. The number of likely N-dealkylation sites (N-methyl/N-ethyl adjacent to an activating group) is 1. The average Bonchev–Trinajstić information content (AvgIpc) is 2.38. The van der Waals surface area contributed by atoms with Crippen LogP contribution in [0.2, 0.25) is 0 Å². The molecule has 0 saturated carbocycles. The standard InChI is InChI=1S/C14H21NO3/c1-15-7-9-17-13(10-15)11-18-14-5-3-2-4-12(14)6-8-16/h2-5,13,16H,6-11H2,1H3. The maximum absolute atomic E-state index is 9.01.